The van der Waals surface area contributed by atoms with Crippen LogP contribution in [0.5, 0.6) is 0 Å². The largest absolute Gasteiger partial charge is 0.352 e. The van der Waals surface area contributed by atoms with Crippen molar-refractivity contribution >= 4 is 62.3 Å². The number of carbonyl (C=O) groups is 2. The summed E-state index contributed by atoms with van der Waals surface area (Å²) in [7, 11) is -3.82. The van der Waals surface area contributed by atoms with Gasteiger partial charge in [0.1, 0.15) is 12.6 Å². The molecule has 0 heterocycles. The molecular formula is C24H28Cl3N3O4S. The molecular weight excluding hydrogens is 533 g/mol. The standard InChI is InChI=1S/C24H28Cl3N3O4S/c1-16(24(32)28-18-6-3-4-7-18)29(14-20-21(26)8-5-9-22(20)27)23(31)15-30(35(2,33)34)19-12-10-17(25)11-13-19/h5,8-13,16,18H,3-4,6-7,14-15H2,1-2H3,(H,28,32)/t16-/m0/s1. The Morgan fingerprint density at radius 2 is 1.60 bits per heavy atom. The Hall–Kier alpha value is -2.00. The second-order valence-corrected chi connectivity index (χ2v) is 11.8. The number of carbonyl (C=O) groups excluding carboxylic acids is 2. The van der Waals surface area contributed by atoms with E-state index >= 15 is 0 Å². The van der Waals surface area contributed by atoms with E-state index in [1.165, 1.54) is 17.0 Å². The minimum absolute atomic E-state index is 0.0607. The number of benzene rings is 2. The Morgan fingerprint density at radius 3 is 2.14 bits per heavy atom. The number of hydrogen-bond donors (Lipinski definition) is 1. The van der Waals surface area contributed by atoms with Crippen molar-refractivity contribution in [3.63, 3.8) is 0 Å². The maximum atomic E-state index is 13.6. The molecule has 190 valence electrons. The molecule has 1 aliphatic carbocycles. The van der Waals surface area contributed by atoms with Gasteiger partial charge in [0.2, 0.25) is 21.8 Å². The Kier molecular flexibility index (Phi) is 9.32. The van der Waals surface area contributed by atoms with Crippen molar-refractivity contribution in [2.45, 2.75) is 51.2 Å². The molecule has 2 amide bonds. The summed E-state index contributed by atoms with van der Waals surface area (Å²) in [6, 6.07) is 10.3. The zero-order chi connectivity index (χ0) is 25.8. The van der Waals surface area contributed by atoms with Gasteiger partial charge in [-0.25, -0.2) is 8.42 Å². The molecule has 0 aliphatic heterocycles. The molecule has 0 aromatic heterocycles. The van der Waals surface area contributed by atoms with Gasteiger partial charge in [0, 0.05) is 33.2 Å². The Balaban J connectivity index is 1.91. The van der Waals surface area contributed by atoms with Crippen molar-refractivity contribution < 1.29 is 18.0 Å². The third-order valence-electron chi connectivity index (χ3n) is 6.05. The van der Waals surface area contributed by atoms with Crippen molar-refractivity contribution in [3.05, 3.63) is 63.1 Å². The van der Waals surface area contributed by atoms with Crippen molar-refractivity contribution in [2.75, 3.05) is 17.1 Å². The quantitative estimate of drug-likeness (QED) is 0.473. The van der Waals surface area contributed by atoms with Crippen molar-refractivity contribution in [1.29, 1.82) is 0 Å². The van der Waals surface area contributed by atoms with Gasteiger partial charge in [-0.3, -0.25) is 13.9 Å². The van der Waals surface area contributed by atoms with Crippen LogP contribution in [-0.2, 0) is 26.2 Å². The SMILES string of the molecule is C[C@@H](C(=O)NC1CCCC1)N(Cc1c(Cl)cccc1Cl)C(=O)CN(c1ccc(Cl)cc1)S(C)(=O)=O. The first-order valence-corrected chi connectivity index (χ1v) is 14.2. The molecule has 1 atom stereocenters. The lowest BCUT2D eigenvalue weighted by Crippen LogP contribution is -2.52. The summed E-state index contributed by atoms with van der Waals surface area (Å²) in [6.07, 6.45) is 4.88. The number of halogens is 3. The molecule has 11 heteroatoms. The van der Waals surface area contributed by atoms with Gasteiger partial charge in [-0.15, -0.1) is 0 Å². The lowest BCUT2D eigenvalue weighted by molar-refractivity contribution is -0.139. The van der Waals surface area contributed by atoms with Gasteiger partial charge in [-0.2, -0.15) is 0 Å². The second-order valence-electron chi connectivity index (χ2n) is 8.63. The number of amides is 2. The van der Waals surface area contributed by atoms with Gasteiger partial charge in [0.25, 0.3) is 0 Å². The zero-order valence-electron chi connectivity index (χ0n) is 19.5. The molecule has 1 saturated carbocycles. The van der Waals surface area contributed by atoms with E-state index in [4.69, 9.17) is 34.8 Å². The van der Waals surface area contributed by atoms with Gasteiger partial charge < -0.3 is 10.2 Å². The van der Waals surface area contributed by atoms with E-state index < -0.39 is 28.5 Å². The van der Waals surface area contributed by atoms with Gasteiger partial charge >= 0.3 is 0 Å². The first-order chi connectivity index (χ1) is 16.5. The third-order valence-corrected chi connectivity index (χ3v) is 8.15. The minimum Gasteiger partial charge on any atom is -0.352 e. The lowest BCUT2D eigenvalue weighted by Gasteiger charge is -2.32. The molecule has 7 nitrogen and oxygen atoms in total. The summed E-state index contributed by atoms with van der Waals surface area (Å²) in [5, 5.41) is 4.12. The summed E-state index contributed by atoms with van der Waals surface area (Å²) in [5.41, 5.74) is 0.756. The molecule has 0 radical (unpaired) electrons. The number of sulfonamides is 1. The topological polar surface area (TPSA) is 86.8 Å². The van der Waals surface area contributed by atoms with Gasteiger partial charge in [-0.05, 0) is 56.2 Å². The summed E-state index contributed by atoms with van der Waals surface area (Å²) < 4.78 is 26.1. The van der Waals surface area contributed by atoms with Crippen LogP contribution < -0.4 is 9.62 Å². The predicted molar refractivity (Wildman–Crippen MR) is 141 cm³/mol. The van der Waals surface area contributed by atoms with Crippen molar-refractivity contribution in [1.82, 2.24) is 10.2 Å². The Morgan fingerprint density at radius 1 is 1.03 bits per heavy atom. The van der Waals surface area contributed by atoms with E-state index in [-0.39, 0.29) is 24.2 Å². The van der Waals surface area contributed by atoms with E-state index in [9.17, 15) is 18.0 Å². The van der Waals surface area contributed by atoms with E-state index in [0.29, 0.717) is 20.6 Å². The van der Waals surface area contributed by atoms with E-state index in [1.54, 1.807) is 37.3 Å². The number of anilines is 1. The minimum atomic E-state index is -3.82. The average molecular weight is 561 g/mol. The average Bonchev–Trinajstić information content (AvgIpc) is 3.30. The first-order valence-electron chi connectivity index (χ1n) is 11.2. The smallest absolute Gasteiger partial charge is 0.244 e. The molecule has 0 saturated heterocycles. The predicted octanol–water partition coefficient (Wildman–Crippen LogP) is 4.89. The van der Waals surface area contributed by atoms with Gasteiger partial charge in [0.05, 0.1) is 11.9 Å². The van der Waals surface area contributed by atoms with E-state index in [0.717, 1.165) is 36.2 Å². The molecule has 1 fully saturated rings. The molecule has 0 unspecified atom stereocenters. The highest BCUT2D eigenvalue weighted by Gasteiger charge is 2.32. The van der Waals surface area contributed by atoms with Crippen LogP contribution in [0.1, 0.15) is 38.2 Å². The van der Waals surface area contributed by atoms with Crippen LogP contribution in [0.2, 0.25) is 15.1 Å². The number of nitrogens with zero attached hydrogens (tertiary/aromatic N) is 2. The number of hydrogen-bond acceptors (Lipinski definition) is 4. The number of rotatable bonds is 9. The van der Waals surface area contributed by atoms with Gasteiger partial charge in [-0.1, -0.05) is 53.7 Å². The fourth-order valence-corrected chi connectivity index (χ4v) is 5.54. The van der Waals surface area contributed by atoms with Crippen LogP contribution in [0, 0.1) is 0 Å². The van der Waals surface area contributed by atoms with Crippen molar-refractivity contribution in [2.24, 2.45) is 0 Å². The molecule has 3 rings (SSSR count). The van der Waals surface area contributed by atoms with Crippen LogP contribution in [0.25, 0.3) is 0 Å². The molecule has 2 aromatic rings. The summed E-state index contributed by atoms with van der Waals surface area (Å²) in [5.74, 6) is -0.888. The van der Waals surface area contributed by atoms with Crippen LogP contribution in [-0.4, -0.2) is 50.0 Å². The molecule has 1 aliphatic rings. The van der Waals surface area contributed by atoms with E-state index in [1.807, 2.05) is 0 Å². The first kappa shape index (κ1) is 27.6. The van der Waals surface area contributed by atoms with Gasteiger partial charge in [0.15, 0.2) is 0 Å². The Bertz CT molecular complexity index is 1150. The lowest BCUT2D eigenvalue weighted by atomic mass is 10.1. The van der Waals surface area contributed by atoms with Crippen LogP contribution >= 0.6 is 34.8 Å². The molecule has 0 bridgehead atoms. The molecule has 2 aromatic carbocycles. The fraction of sp³-hybridized carbons (Fsp3) is 0.417. The van der Waals surface area contributed by atoms with Crippen molar-refractivity contribution in [3.8, 4) is 0 Å². The number of nitrogens with one attached hydrogen (secondary N) is 1. The summed E-state index contributed by atoms with van der Waals surface area (Å²) >= 11 is 18.6. The Labute approximate surface area is 221 Å². The van der Waals surface area contributed by atoms with Crippen LogP contribution in [0.3, 0.4) is 0 Å². The zero-order valence-corrected chi connectivity index (χ0v) is 22.6. The molecule has 0 spiro atoms. The van der Waals surface area contributed by atoms with Crippen LogP contribution in [0.4, 0.5) is 5.69 Å². The van der Waals surface area contributed by atoms with Crippen LogP contribution in [0.15, 0.2) is 42.5 Å². The summed E-state index contributed by atoms with van der Waals surface area (Å²) in [4.78, 5) is 28.0. The highest BCUT2D eigenvalue weighted by Crippen LogP contribution is 2.28. The maximum Gasteiger partial charge on any atom is 0.244 e. The highest BCUT2D eigenvalue weighted by atomic mass is 35.5. The monoisotopic (exact) mass is 559 g/mol. The summed E-state index contributed by atoms with van der Waals surface area (Å²) in [6.45, 7) is 1.04. The molecule has 35 heavy (non-hydrogen) atoms. The second kappa shape index (κ2) is 11.8. The van der Waals surface area contributed by atoms with E-state index in [2.05, 4.69) is 5.32 Å². The highest BCUT2D eigenvalue weighted by molar-refractivity contribution is 7.92. The maximum absolute atomic E-state index is 13.6. The normalized spacial score (nSPS) is 15.0. The molecule has 1 N–H and O–H groups in total. The fourth-order valence-electron chi connectivity index (χ4n) is 4.05. The third kappa shape index (κ3) is 7.26.